The Balaban J connectivity index is 2.09. The second kappa shape index (κ2) is 9.16. The highest BCUT2D eigenvalue weighted by Gasteiger charge is 2.52. The summed E-state index contributed by atoms with van der Waals surface area (Å²) in [7, 11) is 2.77. The number of hydrogen-bond acceptors (Lipinski definition) is 5. The first kappa shape index (κ1) is 21.6. The molecule has 3 atom stereocenters. The standard InChI is InChI=1S/C25H29NO4/c1-25(2)15-19(26-16-17-11-7-5-8-12-17)21(23(27)29-3)20(22(25)24(28)30-4)18-13-9-6-10-14-18/h5-15,20-22,26H,16H2,1-4H3/t20-,21+,22+/m0/s1. The molecule has 1 N–H and O–H groups in total. The van der Waals surface area contributed by atoms with Gasteiger partial charge < -0.3 is 14.8 Å². The number of esters is 2. The van der Waals surface area contributed by atoms with E-state index < -0.39 is 23.2 Å². The zero-order valence-corrected chi connectivity index (χ0v) is 17.9. The van der Waals surface area contributed by atoms with E-state index in [0.717, 1.165) is 16.8 Å². The molecule has 1 aliphatic rings. The molecule has 2 aromatic carbocycles. The van der Waals surface area contributed by atoms with E-state index in [1.165, 1.54) is 14.2 Å². The largest absolute Gasteiger partial charge is 0.469 e. The average molecular weight is 408 g/mol. The maximum Gasteiger partial charge on any atom is 0.315 e. The normalized spacial score (nSPS) is 22.5. The lowest BCUT2D eigenvalue weighted by Gasteiger charge is -2.44. The molecule has 5 heteroatoms. The van der Waals surface area contributed by atoms with E-state index >= 15 is 0 Å². The van der Waals surface area contributed by atoms with Crippen LogP contribution in [0, 0.1) is 17.3 Å². The van der Waals surface area contributed by atoms with Gasteiger partial charge in [-0.3, -0.25) is 9.59 Å². The molecule has 0 heterocycles. The molecule has 0 fully saturated rings. The zero-order valence-electron chi connectivity index (χ0n) is 17.9. The predicted octanol–water partition coefficient (Wildman–Crippen LogP) is 4.06. The topological polar surface area (TPSA) is 64.6 Å². The van der Waals surface area contributed by atoms with Crippen LogP contribution in [-0.2, 0) is 25.6 Å². The van der Waals surface area contributed by atoms with Crippen molar-refractivity contribution in [2.75, 3.05) is 14.2 Å². The summed E-state index contributed by atoms with van der Waals surface area (Å²) in [6, 6.07) is 19.6. The number of ether oxygens (including phenoxy) is 2. The Morgan fingerprint density at radius 2 is 1.47 bits per heavy atom. The van der Waals surface area contributed by atoms with Crippen molar-refractivity contribution in [1.29, 1.82) is 0 Å². The number of nitrogens with one attached hydrogen (secondary N) is 1. The van der Waals surface area contributed by atoms with Crippen molar-refractivity contribution in [1.82, 2.24) is 5.32 Å². The number of benzene rings is 2. The maximum absolute atomic E-state index is 13.0. The van der Waals surface area contributed by atoms with Crippen LogP contribution < -0.4 is 5.32 Å². The molecule has 0 unspecified atom stereocenters. The second-order valence-electron chi connectivity index (χ2n) is 8.20. The summed E-state index contributed by atoms with van der Waals surface area (Å²) in [6.45, 7) is 4.57. The van der Waals surface area contributed by atoms with Crippen LogP contribution in [0.2, 0.25) is 0 Å². The molecule has 2 aromatic rings. The molecule has 3 rings (SSSR count). The fourth-order valence-electron chi connectivity index (χ4n) is 4.43. The van der Waals surface area contributed by atoms with E-state index in [9.17, 15) is 9.59 Å². The van der Waals surface area contributed by atoms with Crippen LogP contribution in [0.3, 0.4) is 0 Å². The van der Waals surface area contributed by atoms with Gasteiger partial charge in [0.25, 0.3) is 0 Å². The summed E-state index contributed by atoms with van der Waals surface area (Å²) in [5.41, 5.74) is 2.25. The molecule has 0 saturated carbocycles. The van der Waals surface area contributed by atoms with Crippen LogP contribution in [0.5, 0.6) is 0 Å². The Morgan fingerprint density at radius 1 is 0.900 bits per heavy atom. The molecule has 5 nitrogen and oxygen atoms in total. The van der Waals surface area contributed by atoms with Gasteiger partial charge in [0.1, 0.15) is 5.92 Å². The fraction of sp³-hybridized carbons (Fsp3) is 0.360. The first-order chi connectivity index (χ1) is 14.4. The van der Waals surface area contributed by atoms with Crippen molar-refractivity contribution in [3.05, 3.63) is 83.6 Å². The third kappa shape index (κ3) is 4.40. The van der Waals surface area contributed by atoms with Crippen molar-refractivity contribution < 1.29 is 19.1 Å². The predicted molar refractivity (Wildman–Crippen MR) is 115 cm³/mol. The molecule has 158 valence electrons. The highest BCUT2D eigenvalue weighted by atomic mass is 16.5. The molecule has 0 radical (unpaired) electrons. The van der Waals surface area contributed by atoms with Gasteiger partial charge in [0.2, 0.25) is 0 Å². The van der Waals surface area contributed by atoms with Gasteiger partial charge >= 0.3 is 11.9 Å². The zero-order chi connectivity index (χ0) is 21.7. The summed E-state index contributed by atoms with van der Waals surface area (Å²) in [5, 5.41) is 3.44. The first-order valence-corrected chi connectivity index (χ1v) is 10.1. The van der Waals surface area contributed by atoms with Crippen LogP contribution in [0.4, 0.5) is 0 Å². The monoisotopic (exact) mass is 407 g/mol. The van der Waals surface area contributed by atoms with Crippen LogP contribution in [-0.4, -0.2) is 26.2 Å². The Morgan fingerprint density at radius 3 is 2.03 bits per heavy atom. The Kier molecular flexibility index (Phi) is 6.60. The van der Waals surface area contributed by atoms with Crippen LogP contribution >= 0.6 is 0 Å². The SMILES string of the molecule is COC(=O)[C@@H]1C(NCc2ccccc2)=CC(C)(C)[C@@H](C(=O)OC)[C@H]1c1ccccc1. The minimum atomic E-state index is -0.641. The fourth-order valence-corrected chi connectivity index (χ4v) is 4.43. The molecule has 0 spiro atoms. The minimum Gasteiger partial charge on any atom is -0.469 e. The van der Waals surface area contributed by atoms with Gasteiger partial charge in [-0.15, -0.1) is 0 Å². The number of rotatable bonds is 6. The molecule has 0 amide bonds. The van der Waals surface area contributed by atoms with Crippen molar-refractivity contribution in [2.45, 2.75) is 26.3 Å². The Hall–Kier alpha value is -3.08. The molecule has 0 bridgehead atoms. The Labute approximate surface area is 178 Å². The van der Waals surface area contributed by atoms with E-state index in [-0.39, 0.29) is 11.9 Å². The molecule has 0 aliphatic heterocycles. The third-order valence-electron chi connectivity index (χ3n) is 5.82. The maximum atomic E-state index is 13.0. The molecule has 0 aromatic heterocycles. The summed E-state index contributed by atoms with van der Waals surface area (Å²) >= 11 is 0. The van der Waals surface area contributed by atoms with Gasteiger partial charge in [-0.25, -0.2) is 0 Å². The number of carbonyl (C=O) groups is 2. The average Bonchev–Trinajstić information content (AvgIpc) is 2.77. The van der Waals surface area contributed by atoms with Crippen molar-refractivity contribution in [3.63, 3.8) is 0 Å². The van der Waals surface area contributed by atoms with Gasteiger partial charge in [-0.05, 0) is 16.5 Å². The summed E-state index contributed by atoms with van der Waals surface area (Å²) in [4.78, 5) is 25.9. The molecular formula is C25H29NO4. The minimum absolute atomic E-state index is 0.332. The van der Waals surface area contributed by atoms with E-state index in [1.54, 1.807) is 0 Å². The lowest BCUT2D eigenvalue weighted by Crippen LogP contribution is -2.47. The quantitative estimate of drug-likeness (QED) is 0.732. The summed E-state index contributed by atoms with van der Waals surface area (Å²) < 4.78 is 10.3. The van der Waals surface area contributed by atoms with E-state index in [4.69, 9.17) is 9.47 Å². The smallest absolute Gasteiger partial charge is 0.315 e. The van der Waals surface area contributed by atoms with Crippen LogP contribution in [0.1, 0.15) is 30.9 Å². The highest BCUT2D eigenvalue weighted by molar-refractivity contribution is 5.82. The van der Waals surface area contributed by atoms with Gasteiger partial charge in [0.05, 0.1) is 20.1 Å². The Bertz CT molecular complexity index is 905. The molecule has 1 aliphatic carbocycles. The number of allylic oxidation sites excluding steroid dienone is 1. The van der Waals surface area contributed by atoms with Gasteiger partial charge in [0, 0.05) is 18.2 Å². The lowest BCUT2D eigenvalue weighted by atomic mass is 9.60. The van der Waals surface area contributed by atoms with E-state index in [1.807, 2.05) is 80.6 Å². The van der Waals surface area contributed by atoms with Crippen LogP contribution in [0.25, 0.3) is 0 Å². The first-order valence-electron chi connectivity index (χ1n) is 10.1. The van der Waals surface area contributed by atoms with Crippen molar-refractivity contribution >= 4 is 11.9 Å². The van der Waals surface area contributed by atoms with Crippen LogP contribution in [0.15, 0.2) is 72.4 Å². The van der Waals surface area contributed by atoms with Crippen molar-refractivity contribution in [2.24, 2.45) is 17.3 Å². The molecule has 30 heavy (non-hydrogen) atoms. The van der Waals surface area contributed by atoms with E-state index in [0.29, 0.717) is 6.54 Å². The van der Waals surface area contributed by atoms with Gasteiger partial charge in [-0.2, -0.15) is 0 Å². The van der Waals surface area contributed by atoms with E-state index in [2.05, 4.69) is 5.32 Å². The lowest BCUT2D eigenvalue weighted by molar-refractivity contribution is -0.154. The molecular weight excluding hydrogens is 378 g/mol. The summed E-state index contributed by atoms with van der Waals surface area (Å²) in [5.74, 6) is -2.29. The number of hydrogen-bond donors (Lipinski definition) is 1. The third-order valence-corrected chi connectivity index (χ3v) is 5.82. The van der Waals surface area contributed by atoms with Crippen molar-refractivity contribution in [3.8, 4) is 0 Å². The van der Waals surface area contributed by atoms with Gasteiger partial charge in [0.15, 0.2) is 0 Å². The van der Waals surface area contributed by atoms with Gasteiger partial charge in [-0.1, -0.05) is 80.6 Å². The summed E-state index contributed by atoms with van der Waals surface area (Å²) in [6.07, 6.45) is 1.98. The molecule has 0 saturated heterocycles. The number of carbonyl (C=O) groups excluding carboxylic acids is 2. The number of methoxy groups -OCH3 is 2. The highest BCUT2D eigenvalue weighted by Crippen LogP contribution is 2.50. The second-order valence-corrected chi connectivity index (χ2v) is 8.20.